The second-order valence-corrected chi connectivity index (χ2v) is 3.91. The van der Waals surface area contributed by atoms with E-state index in [1.807, 2.05) is 6.92 Å². The quantitative estimate of drug-likeness (QED) is 0.413. The fraction of sp³-hybridized carbons (Fsp3) is 0.667. The summed E-state index contributed by atoms with van der Waals surface area (Å²) in [7, 11) is 0. The lowest BCUT2D eigenvalue weighted by Gasteiger charge is -2.11. The van der Waals surface area contributed by atoms with Gasteiger partial charge in [0.2, 0.25) is 5.88 Å². The van der Waals surface area contributed by atoms with Crippen LogP contribution in [0.2, 0.25) is 0 Å². The molecule has 17 heavy (non-hydrogen) atoms. The molecule has 0 atom stereocenters. The van der Waals surface area contributed by atoms with Crippen LogP contribution in [0.3, 0.4) is 0 Å². The molecule has 1 heterocycles. The molecule has 0 bridgehead atoms. The van der Waals surface area contributed by atoms with Crippen molar-refractivity contribution in [1.82, 2.24) is 9.97 Å². The first-order chi connectivity index (χ1) is 8.33. The molecule has 0 saturated heterocycles. The van der Waals surface area contributed by atoms with E-state index in [0.29, 0.717) is 18.3 Å². The van der Waals surface area contributed by atoms with Crippen LogP contribution in [-0.4, -0.2) is 16.6 Å². The Hall–Kier alpha value is -1.36. The van der Waals surface area contributed by atoms with Crippen molar-refractivity contribution < 1.29 is 4.74 Å². The molecule has 1 aromatic rings. The van der Waals surface area contributed by atoms with Gasteiger partial charge in [-0.05, 0) is 12.8 Å². The minimum Gasteiger partial charge on any atom is -0.477 e. The molecule has 0 unspecified atom stereocenters. The predicted octanol–water partition coefficient (Wildman–Crippen LogP) is 2.28. The summed E-state index contributed by atoms with van der Waals surface area (Å²) in [6.45, 7) is 4.93. The Morgan fingerprint density at radius 3 is 2.71 bits per heavy atom. The number of nitrogen functional groups attached to an aromatic ring is 1. The first-order valence-electron chi connectivity index (χ1n) is 6.26. The average Bonchev–Trinajstić information content (AvgIpc) is 2.38. The molecule has 1 aromatic heterocycles. The van der Waals surface area contributed by atoms with Gasteiger partial charge in [0.05, 0.1) is 12.2 Å². The number of hydrazine groups is 1. The highest BCUT2D eigenvalue weighted by Gasteiger charge is 2.09. The van der Waals surface area contributed by atoms with Gasteiger partial charge in [0.25, 0.3) is 0 Å². The molecule has 5 nitrogen and oxygen atoms in total. The Morgan fingerprint density at radius 2 is 2.06 bits per heavy atom. The van der Waals surface area contributed by atoms with Gasteiger partial charge in [-0.25, -0.2) is 15.8 Å². The molecule has 0 saturated carbocycles. The first-order valence-corrected chi connectivity index (χ1v) is 6.26. The van der Waals surface area contributed by atoms with Gasteiger partial charge in [0, 0.05) is 0 Å². The van der Waals surface area contributed by atoms with Crippen LogP contribution in [0.25, 0.3) is 0 Å². The van der Waals surface area contributed by atoms with E-state index in [1.54, 1.807) is 0 Å². The number of nitrogens with one attached hydrogen (secondary N) is 1. The number of hydrogen-bond acceptors (Lipinski definition) is 5. The van der Waals surface area contributed by atoms with Gasteiger partial charge in [-0.15, -0.1) is 0 Å². The molecule has 0 radical (unpaired) electrons. The van der Waals surface area contributed by atoms with Crippen LogP contribution in [-0.2, 0) is 6.42 Å². The van der Waals surface area contributed by atoms with Gasteiger partial charge in [0.1, 0.15) is 12.1 Å². The number of ether oxygens (including phenoxy) is 1. The van der Waals surface area contributed by atoms with E-state index in [-0.39, 0.29) is 0 Å². The van der Waals surface area contributed by atoms with E-state index in [9.17, 15) is 0 Å². The summed E-state index contributed by atoms with van der Waals surface area (Å²) in [6.07, 6.45) is 7.01. The number of aromatic nitrogens is 2. The maximum Gasteiger partial charge on any atom is 0.221 e. The number of nitrogens with zero attached hydrogens (tertiary/aromatic N) is 2. The zero-order valence-corrected chi connectivity index (χ0v) is 10.7. The lowest BCUT2D eigenvalue weighted by atomic mass is 10.2. The molecular weight excluding hydrogens is 216 g/mol. The Morgan fingerprint density at radius 1 is 1.24 bits per heavy atom. The van der Waals surface area contributed by atoms with Gasteiger partial charge in [-0.3, -0.25) is 0 Å². The topological polar surface area (TPSA) is 73.1 Å². The van der Waals surface area contributed by atoms with E-state index in [2.05, 4.69) is 22.3 Å². The maximum absolute atomic E-state index is 5.67. The van der Waals surface area contributed by atoms with E-state index in [1.165, 1.54) is 25.6 Å². The highest BCUT2D eigenvalue weighted by atomic mass is 16.5. The molecule has 0 aliphatic rings. The molecule has 0 spiro atoms. The Kier molecular flexibility index (Phi) is 6.32. The molecule has 0 aliphatic heterocycles. The summed E-state index contributed by atoms with van der Waals surface area (Å²) in [5.74, 6) is 6.68. The molecule has 0 amide bonds. The van der Waals surface area contributed by atoms with Crippen molar-refractivity contribution in [2.75, 3.05) is 12.0 Å². The lowest BCUT2D eigenvalue weighted by molar-refractivity contribution is 0.290. The highest BCUT2D eigenvalue weighted by Crippen LogP contribution is 2.21. The third kappa shape index (κ3) is 4.19. The number of anilines is 1. The van der Waals surface area contributed by atoms with E-state index < -0.39 is 0 Å². The van der Waals surface area contributed by atoms with Crippen LogP contribution in [0, 0.1) is 0 Å². The van der Waals surface area contributed by atoms with Crippen LogP contribution in [0.1, 0.15) is 45.1 Å². The summed E-state index contributed by atoms with van der Waals surface area (Å²) in [5, 5.41) is 0. The fourth-order valence-electron chi connectivity index (χ4n) is 1.66. The van der Waals surface area contributed by atoms with Crippen LogP contribution in [0.15, 0.2) is 6.33 Å². The molecule has 1 rings (SSSR count). The molecule has 0 aromatic carbocycles. The molecule has 0 fully saturated rings. The SMILES string of the molecule is CCCCCCOc1ncnc(NN)c1CC. The minimum absolute atomic E-state index is 0.644. The van der Waals surface area contributed by atoms with Crippen LogP contribution in [0.4, 0.5) is 5.82 Å². The monoisotopic (exact) mass is 238 g/mol. The van der Waals surface area contributed by atoms with E-state index in [0.717, 1.165) is 18.4 Å². The molecule has 96 valence electrons. The second-order valence-electron chi connectivity index (χ2n) is 3.91. The summed E-state index contributed by atoms with van der Waals surface area (Å²) >= 11 is 0. The smallest absolute Gasteiger partial charge is 0.221 e. The van der Waals surface area contributed by atoms with Gasteiger partial charge in [-0.2, -0.15) is 0 Å². The summed E-state index contributed by atoms with van der Waals surface area (Å²) in [6, 6.07) is 0. The third-order valence-corrected chi connectivity index (χ3v) is 2.63. The number of unbranched alkanes of at least 4 members (excludes halogenated alkanes) is 3. The largest absolute Gasteiger partial charge is 0.477 e. The minimum atomic E-state index is 0.644. The Labute approximate surface area is 103 Å². The highest BCUT2D eigenvalue weighted by molar-refractivity contribution is 5.47. The van der Waals surface area contributed by atoms with Gasteiger partial charge in [0.15, 0.2) is 0 Å². The van der Waals surface area contributed by atoms with Gasteiger partial charge < -0.3 is 10.2 Å². The summed E-state index contributed by atoms with van der Waals surface area (Å²) < 4.78 is 5.67. The first kappa shape index (κ1) is 13.7. The third-order valence-electron chi connectivity index (χ3n) is 2.63. The van der Waals surface area contributed by atoms with Gasteiger partial charge in [-0.1, -0.05) is 33.1 Å². The lowest BCUT2D eigenvalue weighted by Crippen LogP contribution is -2.13. The standard InChI is InChI=1S/C12H22N4O/c1-3-5-6-7-8-17-12-10(4-2)11(16-13)14-9-15-12/h9H,3-8,13H2,1-2H3,(H,14,15,16). The van der Waals surface area contributed by atoms with Crippen LogP contribution in [0.5, 0.6) is 5.88 Å². The van der Waals surface area contributed by atoms with Gasteiger partial charge >= 0.3 is 0 Å². The average molecular weight is 238 g/mol. The van der Waals surface area contributed by atoms with Crippen molar-refractivity contribution in [2.45, 2.75) is 46.0 Å². The summed E-state index contributed by atoms with van der Waals surface area (Å²) in [4.78, 5) is 8.21. The van der Waals surface area contributed by atoms with Crippen LogP contribution < -0.4 is 16.0 Å². The van der Waals surface area contributed by atoms with Crippen molar-refractivity contribution in [3.63, 3.8) is 0 Å². The molecule has 0 aliphatic carbocycles. The van der Waals surface area contributed by atoms with E-state index in [4.69, 9.17) is 10.6 Å². The zero-order chi connectivity index (χ0) is 12.5. The normalized spacial score (nSPS) is 10.3. The van der Waals surface area contributed by atoms with Crippen molar-refractivity contribution in [3.8, 4) is 5.88 Å². The zero-order valence-electron chi connectivity index (χ0n) is 10.7. The number of nitrogens with two attached hydrogens (primary N) is 1. The second kappa shape index (κ2) is 7.84. The summed E-state index contributed by atoms with van der Waals surface area (Å²) in [5.41, 5.74) is 3.50. The van der Waals surface area contributed by atoms with Crippen molar-refractivity contribution >= 4 is 5.82 Å². The van der Waals surface area contributed by atoms with E-state index >= 15 is 0 Å². The predicted molar refractivity (Wildman–Crippen MR) is 68.9 cm³/mol. The Balaban J connectivity index is 2.52. The molecule has 3 N–H and O–H groups in total. The van der Waals surface area contributed by atoms with Crippen molar-refractivity contribution in [2.24, 2.45) is 5.84 Å². The fourth-order valence-corrected chi connectivity index (χ4v) is 1.66. The maximum atomic E-state index is 5.67. The van der Waals surface area contributed by atoms with Crippen molar-refractivity contribution in [1.29, 1.82) is 0 Å². The van der Waals surface area contributed by atoms with Crippen molar-refractivity contribution in [3.05, 3.63) is 11.9 Å². The Bertz CT molecular complexity index is 330. The molecular formula is C12H22N4O. The van der Waals surface area contributed by atoms with Crippen LogP contribution >= 0.6 is 0 Å². The molecule has 5 heteroatoms. The number of hydrogen-bond donors (Lipinski definition) is 2. The number of rotatable bonds is 8.